The summed E-state index contributed by atoms with van der Waals surface area (Å²) in [6.07, 6.45) is 7.50. The molecule has 1 aliphatic heterocycles. The molecule has 0 spiro atoms. The Kier molecular flexibility index (Phi) is 5.05. The number of nitrogens with zero attached hydrogens (tertiary/aromatic N) is 1. The van der Waals surface area contributed by atoms with Crippen molar-refractivity contribution in [1.29, 1.82) is 0 Å². The van der Waals surface area contributed by atoms with Crippen LogP contribution in [0.2, 0.25) is 0 Å². The second-order valence-electron chi connectivity index (χ2n) is 5.59. The quantitative estimate of drug-likeness (QED) is 0.799. The van der Waals surface area contributed by atoms with Crippen molar-refractivity contribution < 1.29 is 14.3 Å². The van der Waals surface area contributed by atoms with Crippen molar-refractivity contribution in [2.45, 2.75) is 56.8 Å². The highest BCUT2D eigenvalue weighted by Gasteiger charge is 2.36. The van der Waals surface area contributed by atoms with Crippen molar-refractivity contribution in [3.8, 4) is 0 Å². The van der Waals surface area contributed by atoms with Crippen molar-refractivity contribution in [3.05, 3.63) is 0 Å². The maximum atomic E-state index is 12.2. The maximum Gasteiger partial charge on any atom is 0.317 e. The highest BCUT2D eigenvalue weighted by molar-refractivity contribution is 5.74. The van der Waals surface area contributed by atoms with Crippen LogP contribution < -0.4 is 5.32 Å². The summed E-state index contributed by atoms with van der Waals surface area (Å²) in [5, 5.41) is 3.16. The fourth-order valence-electron chi connectivity index (χ4n) is 3.05. The zero-order valence-corrected chi connectivity index (χ0v) is 12.1. The lowest BCUT2D eigenvalue weighted by Gasteiger charge is -2.40. The van der Waals surface area contributed by atoms with Crippen LogP contribution in [0.1, 0.15) is 44.9 Å². The zero-order valence-electron chi connectivity index (χ0n) is 12.1. The van der Waals surface area contributed by atoms with Crippen LogP contribution in [0.5, 0.6) is 0 Å². The first-order valence-corrected chi connectivity index (χ1v) is 7.35. The Morgan fingerprint density at radius 2 is 1.68 bits per heavy atom. The second kappa shape index (κ2) is 6.57. The normalized spacial score (nSPS) is 24.2. The average Bonchev–Trinajstić information content (AvgIpc) is 2.48. The van der Waals surface area contributed by atoms with E-state index in [0.717, 1.165) is 25.7 Å². The summed E-state index contributed by atoms with van der Waals surface area (Å²) in [4.78, 5) is 14.1. The molecule has 2 aliphatic rings. The number of carbonyl (C=O) groups is 1. The number of rotatable bonds is 3. The largest absolute Gasteiger partial charge is 0.353 e. The number of nitrogens with one attached hydrogen (secondary N) is 1. The summed E-state index contributed by atoms with van der Waals surface area (Å²) in [5.41, 5.74) is 0. The number of ether oxygens (including phenoxy) is 2. The lowest BCUT2D eigenvalue weighted by atomic mass is 9.95. The number of piperidine rings is 1. The minimum Gasteiger partial charge on any atom is -0.353 e. The molecule has 19 heavy (non-hydrogen) atoms. The van der Waals surface area contributed by atoms with Gasteiger partial charge < -0.3 is 19.7 Å². The SMILES string of the molecule is COC1(OC)CCN(C(=O)NC2CCCCC2)CC1. The Bertz CT molecular complexity index is 289. The number of hydrogen-bond acceptors (Lipinski definition) is 3. The van der Waals surface area contributed by atoms with Crippen molar-refractivity contribution in [2.24, 2.45) is 0 Å². The predicted octanol–water partition coefficient (Wildman–Crippen LogP) is 2.11. The van der Waals surface area contributed by atoms with E-state index in [1.54, 1.807) is 14.2 Å². The fourth-order valence-corrected chi connectivity index (χ4v) is 3.05. The van der Waals surface area contributed by atoms with E-state index in [1.165, 1.54) is 19.3 Å². The van der Waals surface area contributed by atoms with Gasteiger partial charge in [0.25, 0.3) is 0 Å². The molecule has 1 N–H and O–H groups in total. The van der Waals surface area contributed by atoms with Gasteiger partial charge in [-0.05, 0) is 12.8 Å². The number of carbonyl (C=O) groups excluding carboxylic acids is 1. The number of amides is 2. The molecule has 0 aromatic heterocycles. The Labute approximate surface area is 115 Å². The van der Waals surface area contributed by atoms with Gasteiger partial charge in [-0.3, -0.25) is 0 Å². The first kappa shape index (κ1) is 14.6. The molecule has 0 aromatic rings. The molecule has 0 aromatic carbocycles. The van der Waals surface area contributed by atoms with Gasteiger partial charge >= 0.3 is 6.03 Å². The third-order valence-corrected chi connectivity index (χ3v) is 4.49. The molecule has 5 nitrogen and oxygen atoms in total. The van der Waals surface area contributed by atoms with Gasteiger partial charge in [-0.1, -0.05) is 19.3 Å². The molecule has 1 saturated heterocycles. The van der Waals surface area contributed by atoms with Crippen molar-refractivity contribution >= 4 is 6.03 Å². The standard InChI is InChI=1S/C14H26N2O3/c1-18-14(19-2)8-10-16(11-9-14)13(17)15-12-6-4-3-5-7-12/h12H,3-11H2,1-2H3,(H,15,17). The number of hydrogen-bond donors (Lipinski definition) is 1. The molecule has 2 rings (SSSR count). The molecule has 0 radical (unpaired) electrons. The minimum atomic E-state index is -0.498. The van der Waals surface area contributed by atoms with Crippen LogP contribution in [-0.4, -0.2) is 50.1 Å². The Balaban J connectivity index is 1.78. The second-order valence-corrected chi connectivity index (χ2v) is 5.59. The molecule has 1 aliphatic carbocycles. The van der Waals surface area contributed by atoms with Gasteiger partial charge in [-0.15, -0.1) is 0 Å². The number of likely N-dealkylation sites (tertiary alicyclic amines) is 1. The molecule has 1 saturated carbocycles. The molecule has 5 heteroatoms. The van der Waals surface area contributed by atoms with E-state index < -0.39 is 5.79 Å². The summed E-state index contributed by atoms with van der Waals surface area (Å²) in [6, 6.07) is 0.450. The van der Waals surface area contributed by atoms with Crippen LogP contribution >= 0.6 is 0 Å². The van der Waals surface area contributed by atoms with E-state index in [-0.39, 0.29) is 6.03 Å². The van der Waals surface area contributed by atoms with Crippen LogP contribution in [0, 0.1) is 0 Å². The Morgan fingerprint density at radius 1 is 1.11 bits per heavy atom. The van der Waals surface area contributed by atoms with Crippen LogP contribution in [0.4, 0.5) is 4.79 Å². The topological polar surface area (TPSA) is 50.8 Å². The van der Waals surface area contributed by atoms with Crippen LogP contribution in [0.25, 0.3) is 0 Å². The summed E-state index contributed by atoms with van der Waals surface area (Å²) < 4.78 is 10.9. The Hall–Kier alpha value is -0.810. The van der Waals surface area contributed by atoms with Crippen LogP contribution in [0.15, 0.2) is 0 Å². The smallest absolute Gasteiger partial charge is 0.317 e. The van der Waals surface area contributed by atoms with E-state index in [4.69, 9.17) is 9.47 Å². The predicted molar refractivity (Wildman–Crippen MR) is 73.0 cm³/mol. The third kappa shape index (κ3) is 3.60. The molecule has 2 amide bonds. The van der Waals surface area contributed by atoms with Gasteiger partial charge in [-0.2, -0.15) is 0 Å². The molecular weight excluding hydrogens is 244 g/mol. The fraction of sp³-hybridized carbons (Fsp3) is 0.929. The monoisotopic (exact) mass is 270 g/mol. The van der Waals surface area contributed by atoms with Gasteiger partial charge in [0.2, 0.25) is 0 Å². The summed E-state index contributed by atoms with van der Waals surface area (Å²) in [5.74, 6) is -0.498. The number of urea groups is 1. The molecule has 2 fully saturated rings. The van der Waals surface area contributed by atoms with Gasteiger partial charge in [-0.25, -0.2) is 4.79 Å². The van der Waals surface area contributed by atoms with E-state index in [1.807, 2.05) is 4.90 Å². The van der Waals surface area contributed by atoms with Crippen LogP contribution in [-0.2, 0) is 9.47 Å². The molecule has 0 unspecified atom stereocenters. The lowest BCUT2D eigenvalue weighted by molar-refractivity contribution is -0.226. The van der Waals surface area contributed by atoms with E-state index >= 15 is 0 Å². The summed E-state index contributed by atoms with van der Waals surface area (Å²) in [7, 11) is 3.34. The van der Waals surface area contributed by atoms with Crippen molar-refractivity contribution in [3.63, 3.8) is 0 Å². The third-order valence-electron chi connectivity index (χ3n) is 4.49. The average molecular weight is 270 g/mol. The van der Waals surface area contributed by atoms with E-state index in [9.17, 15) is 4.79 Å². The first-order valence-electron chi connectivity index (χ1n) is 7.35. The molecule has 0 bridgehead atoms. The highest BCUT2D eigenvalue weighted by Crippen LogP contribution is 2.26. The van der Waals surface area contributed by atoms with Gasteiger partial charge in [0.05, 0.1) is 0 Å². The molecule has 0 atom stereocenters. The minimum absolute atomic E-state index is 0.0766. The highest BCUT2D eigenvalue weighted by atomic mass is 16.7. The molecular formula is C14H26N2O3. The maximum absolute atomic E-state index is 12.2. The van der Waals surface area contributed by atoms with Gasteiger partial charge in [0.1, 0.15) is 0 Å². The molecule has 1 heterocycles. The van der Waals surface area contributed by atoms with E-state index in [0.29, 0.717) is 19.1 Å². The van der Waals surface area contributed by atoms with E-state index in [2.05, 4.69) is 5.32 Å². The number of methoxy groups -OCH3 is 2. The lowest BCUT2D eigenvalue weighted by Crippen LogP contribution is -2.53. The van der Waals surface area contributed by atoms with Crippen molar-refractivity contribution in [1.82, 2.24) is 10.2 Å². The van der Waals surface area contributed by atoms with Gasteiger partial charge in [0, 0.05) is 46.2 Å². The Morgan fingerprint density at radius 3 is 2.21 bits per heavy atom. The van der Waals surface area contributed by atoms with Crippen molar-refractivity contribution in [2.75, 3.05) is 27.3 Å². The van der Waals surface area contributed by atoms with Crippen LogP contribution in [0.3, 0.4) is 0 Å². The first-order chi connectivity index (χ1) is 9.19. The van der Waals surface area contributed by atoms with Gasteiger partial charge in [0.15, 0.2) is 5.79 Å². The molecule has 110 valence electrons. The zero-order chi connectivity index (χ0) is 13.7. The summed E-state index contributed by atoms with van der Waals surface area (Å²) in [6.45, 7) is 1.39. The summed E-state index contributed by atoms with van der Waals surface area (Å²) >= 11 is 0.